The molecule has 0 unspecified atom stereocenters. The van der Waals surface area contributed by atoms with Crippen LogP contribution in [0.25, 0.3) is 0 Å². The van der Waals surface area contributed by atoms with Crippen LogP contribution in [0.1, 0.15) is 19.5 Å². The number of ether oxygens (including phenoxy) is 1. The number of aliphatic hydroxyl groups excluding tert-OH is 1. The van der Waals surface area contributed by atoms with Gasteiger partial charge in [0.15, 0.2) is 6.61 Å². The van der Waals surface area contributed by atoms with E-state index >= 15 is 0 Å². The molecule has 0 atom stereocenters. The molecular formula is C11H16N2O3. The van der Waals surface area contributed by atoms with E-state index in [0.29, 0.717) is 11.4 Å². The van der Waals surface area contributed by atoms with Crippen LogP contribution in [0.4, 0.5) is 0 Å². The fraction of sp³-hybridized carbons (Fsp3) is 0.455. The van der Waals surface area contributed by atoms with Crippen LogP contribution in [0, 0.1) is 0 Å². The van der Waals surface area contributed by atoms with E-state index in [9.17, 15) is 4.79 Å². The van der Waals surface area contributed by atoms with Crippen molar-refractivity contribution in [1.29, 1.82) is 0 Å². The highest BCUT2D eigenvalue weighted by atomic mass is 16.5. The van der Waals surface area contributed by atoms with Crippen LogP contribution in [0.15, 0.2) is 18.3 Å². The zero-order chi connectivity index (χ0) is 12.0. The number of aromatic nitrogens is 1. The molecule has 1 heterocycles. The summed E-state index contributed by atoms with van der Waals surface area (Å²) in [7, 11) is 0. The maximum Gasteiger partial charge on any atom is 0.258 e. The molecule has 0 aliphatic rings. The number of amides is 1. The van der Waals surface area contributed by atoms with E-state index < -0.39 is 0 Å². The molecule has 0 saturated carbocycles. The molecule has 0 bridgehead atoms. The second kappa shape index (κ2) is 6.07. The number of nitrogens with zero attached hydrogens (tertiary/aromatic N) is 1. The first kappa shape index (κ1) is 12.4. The van der Waals surface area contributed by atoms with Gasteiger partial charge in [-0.1, -0.05) is 0 Å². The number of hydrogen-bond acceptors (Lipinski definition) is 4. The third-order valence-corrected chi connectivity index (χ3v) is 1.78. The van der Waals surface area contributed by atoms with Gasteiger partial charge in [0.05, 0.1) is 18.5 Å². The first-order valence-corrected chi connectivity index (χ1v) is 5.09. The van der Waals surface area contributed by atoms with Gasteiger partial charge in [-0.2, -0.15) is 0 Å². The first-order chi connectivity index (χ1) is 7.61. The minimum Gasteiger partial charge on any atom is -0.482 e. The Labute approximate surface area is 94.5 Å². The largest absolute Gasteiger partial charge is 0.482 e. The lowest BCUT2D eigenvalue weighted by molar-refractivity contribution is -0.123. The zero-order valence-corrected chi connectivity index (χ0v) is 9.43. The molecule has 1 aromatic heterocycles. The van der Waals surface area contributed by atoms with Crippen LogP contribution in [0.5, 0.6) is 5.75 Å². The number of aliphatic hydroxyl groups is 1. The van der Waals surface area contributed by atoms with Gasteiger partial charge in [0.25, 0.3) is 5.91 Å². The van der Waals surface area contributed by atoms with Gasteiger partial charge in [0, 0.05) is 6.04 Å². The zero-order valence-electron chi connectivity index (χ0n) is 9.43. The van der Waals surface area contributed by atoms with Crippen molar-refractivity contribution >= 4 is 5.91 Å². The van der Waals surface area contributed by atoms with Crippen LogP contribution in [0.2, 0.25) is 0 Å². The number of rotatable bonds is 5. The maximum atomic E-state index is 11.3. The van der Waals surface area contributed by atoms with Crippen LogP contribution in [0.3, 0.4) is 0 Å². The lowest BCUT2D eigenvalue weighted by Crippen LogP contribution is -2.34. The molecule has 0 aromatic carbocycles. The molecular weight excluding hydrogens is 208 g/mol. The van der Waals surface area contributed by atoms with Gasteiger partial charge in [-0.15, -0.1) is 0 Å². The summed E-state index contributed by atoms with van der Waals surface area (Å²) in [6.45, 7) is 3.64. The average molecular weight is 224 g/mol. The predicted octanol–water partition coefficient (Wildman–Crippen LogP) is 0.477. The summed E-state index contributed by atoms with van der Waals surface area (Å²) >= 11 is 0. The molecule has 1 amide bonds. The number of hydrogen-bond donors (Lipinski definition) is 2. The second-order valence-electron chi connectivity index (χ2n) is 3.65. The van der Waals surface area contributed by atoms with Gasteiger partial charge in [0.2, 0.25) is 0 Å². The van der Waals surface area contributed by atoms with Crippen molar-refractivity contribution in [3.63, 3.8) is 0 Å². The molecule has 0 radical (unpaired) electrons. The average Bonchev–Trinajstić information content (AvgIpc) is 2.26. The smallest absolute Gasteiger partial charge is 0.258 e. The van der Waals surface area contributed by atoms with E-state index in [-0.39, 0.29) is 25.2 Å². The van der Waals surface area contributed by atoms with E-state index in [1.54, 1.807) is 12.1 Å². The van der Waals surface area contributed by atoms with Gasteiger partial charge in [0.1, 0.15) is 5.75 Å². The standard InChI is InChI=1S/C11H16N2O3/c1-8(2)13-11(15)7-16-10-4-3-9(6-14)12-5-10/h3-5,8,14H,6-7H2,1-2H3,(H,13,15). The fourth-order valence-electron chi connectivity index (χ4n) is 1.10. The van der Waals surface area contributed by atoms with Crippen LogP contribution < -0.4 is 10.1 Å². The highest BCUT2D eigenvalue weighted by molar-refractivity contribution is 5.77. The Morgan fingerprint density at radius 3 is 2.81 bits per heavy atom. The van der Waals surface area contributed by atoms with Crippen molar-refractivity contribution in [2.75, 3.05) is 6.61 Å². The molecule has 0 spiro atoms. The van der Waals surface area contributed by atoms with Crippen LogP contribution >= 0.6 is 0 Å². The van der Waals surface area contributed by atoms with E-state index in [1.807, 2.05) is 13.8 Å². The number of pyridine rings is 1. The van der Waals surface area contributed by atoms with Gasteiger partial charge >= 0.3 is 0 Å². The molecule has 88 valence electrons. The van der Waals surface area contributed by atoms with E-state index in [1.165, 1.54) is 6.20 Å². The van der Waals surface area contributed by atoms with E-state index in [0.717, 1.165) is 0 Å². The minimum atomic E-state index is -0.166. The van der Waals surface area contributed by atoms with Crippen molar-refractivity contribution in [1.82, 2.24) is 10.3 Å². The lowest BCUT2D eigenvalue weighted by Gasteiger charge is -2.09. The van der Waals surface area contributed by atoms with Crippen molar-refractivity contribution in [2.45, 2.75) is 26.5 Å². The third kappa shape index (κ3) is 4.27. The second-order valence-corrected chi connectivity index (χ2v) is 3.65. The molecule has 2 N–H and O–H groups in total. The molecule has 1 rings (SSSR count). The van der Waals surface area contributed by atoms with Gasteiger partial charge in [-0.25, -0.2) is 0 Å². The Kier molecular flexibility index (Phi) is 4.72. The van der Waals surface area contributed by atoms with Crippen LogP contribution in [-0.2, 0) is 11.4 Å². The topological polar surface area (TPSA) is 71.5 Å². The monoisotopic (exact) mass is 224 g/mol. The molecule has 0 aliphatic heterocycles. The highest BCUT2D eigenvalue weighted by Crippen LogP contribution is 2.08. The Morgan fingerprint density at radius 1 is 1.56 bits per heavy atom. The summed E-state index contributed by atoms with van der Waals surface area (Å²) in [5.41, 5.74) is 0.569. The SMILES string of the molecule is CC(C)NC(=O)COc1ccc(CO)nc1. The van der Waals surface area contributed by atoms with E-state index in [4.69, 9.17) is 9.84 Å². The molecule has 5 heteroatoms. The number of nitrogens with one attached hydrogen (secondary N) is 1. The number of carbonyl (C=O) groups excluding carboxylic acids is 1. The Bertz CT molecular complexity index is 336. The van der Waals surface area contributed by atoms with Crippen molar-refractivity contribution in [2.24, 2.45) is 0 Å². The quantitative estimate of drug-likeness (QED) is 0.763. The van der Waals surface area contributed by atoms with Crippen molar-refractivity contribution < 1.29 is 14.6 Å². The van der Waals surface area contributed by atoms with Crippen LogP contribution in [-0.4, -0.2) is 28.6 Å². The Morgan fingerprint density at radius 2 is 2.31 bits per heavy atom. The molecule has 0 aliphatic carbocycles. The van der Waals surface area contributed by atoms with Crippen molar-refractivity contribution in [3.05, 3.63) is 24.0 Å². The maximum absolute atomic E-state index is 11.3. The lowest BCUT2D eigenvalue weighted by atomic mass is 10.3. The van der Waals surface area contributed by atoms with Gasteiger partial charge < -0.3 is 15.2 Å². The summed E-state index contributed by atoms with van der Waals surface area (Å²) in [4.78, 5) is 15.2. The summed E-state index contributed by atoms with van der Waals surface area (Å²) in [5, 5.41) is 11.5. The molecule has 0 fully saturated rings. The summed E-state index contributed by atoms with van der Waals surface area (Å²) in [6.07, 6.45) is 1.48. The highest BCUT2D eigenvalue weighted by Gasteiger charge is 2.04. The Balaban J connectivity index is 2.39. The van der Waals surface area contributed by atoms with E-state index in [2.05, 4.69) is 10.3 Å². The summed E-state index contributed by atoms with van der Waals surface area (Å²) in [6, 6.07) is 3.42. The fourth-order valence-corrected chi connectivity index (χ4v) is 1.10. The molecule has 1 aromatic rings. The predicted molar refractivity (Wildman–Crippen MR) is 58.9 cm³/mol. The van der Waals surface area contributed by atoms with Crippen molar-refractivity contribution in [3.8, 4) is 5.75 Å². The number of carbonyl (C=O) groups is 1. The van der Waals surface area contributed by atoms with Gasteiger partial charge in [-0.05, 0) is 26.0 Å². The summed E-state index contributed by atoms with van der Waals surface area (Å²) in [5.74, 6) is 0.345. The molecule has 5 nitrogen and oxygen atoms in total. The molecule has 16 heavy (non-hydrogen) atoms. The minimum absolute atomic E-state index is 0.0294. The summed E-state index contributed by atoms with van der Waals surface area (Å²) < 4.78 is 5.21. The first-order valence-electron chi connectivity index (χ1n) is 5.09. The van der Waals surface area contributed by atoms with Gasteiger partial charge in [-0.3, -0.25) is 9.78 Å². The third-order valence-electron chi connectivity index (χ3n) is 1.78. The molecule has 0 saturated heterocycles. The Hall–Kier alpha value is -1.62. The normalized spacial score (nSPS) is 10.2.